The zero-order valence-electron chi connectivity index (χ0n) is 20.6. The molecular formula is C35H23N3. The van der Waals surface area contributed by atoms with E-state index in [2.05, 4.69) is 135 Å². The summed E-state index contributed by atoms with van der Waals surface area (Å²) in [6, 6.07) is 47.6. The summed E-state index contributed by atoms with van der Waals surface area (Å²) in [7, 11) is 0. The zero-order valence-corrected chi connectivity index (χ0v) is 20.6. The molecule has 0 saturated carbocycles. The minimum Gasteiger partial charge on any atom is -0.309 e. The van der Waals surface area contributed by atoms with Crippen LogP contribution in [0.5, 0.6) is 0 Å². The van der Waals surface area contributed by atoms with Gasteiger partial charge in [0.05, 0.1) is 22.1 Å². The van der Waals surface area contributed by atoms with Crippen LogP contribution in [-0.4, -0.2) is 14.1 Å². The van der Waals surface area contributed by atoms with Crippen molar-refractivity contribution in [1.29, 1.82) is 0 Å². The van der Waals surface area contributed by atoms with Crippen LogP contribution in [0.3, 0.4) is 0 Å². The fourth-order valence-electron chi connectivity index (χ4n) is 5.89. The van der Waals surface area contributed by atoms with E-state index in [9.17, 15) is 0 Å². The van der Waals surface area contributed by atoms with Gasteiger partial charge in [-0.2, -0.15) is 0 Å². The van der Waals surface area contributed by atoms with Crippen molar-refractivity contribution in [3.05, 3.63) is 140 Å². The Labute approximate surface area is 219 Å². The van der Waals surface area contributed by atoms with Crippen LogP contribution >= 0.6 is 0 Å². The Balaban J connectivity index is 1.36. The van der Waals surface area contributed by atoms with E-state index in [1.807, 2.05) is 18.3 Å². The highest BCUT2D eigenvalue weighted by atomic mass is 15.1. The lowest BCUT2D eigenvalue weighted by atomic mass is 10.0. The SMILES string of the molecule is c1ccc(-n2c3ccccc3c3cc(-c4ccc5c(c4)c4ccccc4n5-c4ccccn4)ccc32)cc1. The Bertz CT molecular complexity index is 1960. The van der Waals surface area contributed by atoms with Gasteiger partial charge < -0.3 is 4.57 Å². The molecule has 3 nitrogen and oxygen atoms in total. The first-order valence-corrected chi connectivity index (χ1v) is 12.9. The molecule has 0 aliphatic rings. The molecule has 0 N–H and O–H groups in total. The van der Waals surface area contributed by atoms with Crippen molar-refractivity contribution < 1.29 is 0 Å². The van der Waals surface area contributed by atoms with E-state index < -0.39 is 0 Å². The first kappa shape index (κ1) is 21.0. The topological polar surface area (TPSA) is 22.8 Å². The van der Waals surface area contributed by atoms with Crippen molar-refractivity contribution in [2.45, 2.75) is 0 Å². The number of pyridine rings is 1. The van der Waals surface area contributed by atoms with Gasteiger partial charge in [0.1, 0.15) is 5.82 Å². The summed E-state index contributed by atoms with van der Waals surface area (Å²) in [6.45, 7) is 0. The molecule has 0 unspecified atom stereocenters. The number of benzene rings is 5. The van der Waals surface area contributed by atoms with E-state index in [0.29, 0.717) is 0 Å². The molecule has 8 rings (SSSR count). The molecule has 3 heteroatoms. The lowest BCUT2D eigenvalue weighted by molar-refractivity contribution is 1.08. The first-order valence-electron chi connectivity index (χ1n) is 12.9. The quantitative estimate of drug-likeness (QED) is 0.245. The fourth-order valence-corrected chi connectivity index (χ4v) is 5.89. The third kappa shape index (κ3) is 3.06. The maximum Gasteiger partial charge on any atom is 0.137 e. The molecule has 0 bridgehead atoms. The van der Waals surface area contributed by atoms with E-state index in [-0.39, 0.29) is 0 Å². The Morgan fingerprint density at radius 3 is 1.55 bits per heavy atom. The molecule has 0 aliphatic carbocycles. The lowest BCUT2D eigenvalue weighted by Crippen LogP contribution is -1.96. The lowest BCUT2D eigenvalue weighted by Gasteiger charge is -2.09. The molecule has 0 aliphatic heterocycles. The molecule has 3 aromatic heterocycles. The van der Waals surface area contributed by atoms with Crippen molar-refractivity contribution in [2.75, 3.05) is 0 Å². The second-order valence-corrected chi connectivity index (χ2v) is 9.69. The first-order chi connectivity index (χ1) is 18.9. The number of rotatable bonds is 3. The van der Waals surface area contributed by atoms with E-state index in [0.717, 1.165) is 11.3 Å². The number of aromatic nitrogens is 3. The molecule has 0 fully saturated rings. The summed E-state index contributed by atoms with van der Waals surface area (Å²) < 4.78 is 4.61. The van der Waals surface area contributed by atoms with Gasteiger partial charge in [0, 0.05) is 33.4 Å². The van der Waals surface area contributed by atoms with Gasteiger partial charge in [0.2, 0.25) is 0 Å². The van der Waals surface area contributed by atoms with Crippen molar-refractivity contribution in [1.82, 2.24) is 14.1 Å². The van der Waals surface area contributed by atoms with Crippen molar-refractivity contribution >= 4 is 43.6 Å². The van der Waals surface area contributed by atoms with E-state index in [1.165, 1.54) is 54.9 Å². The predicted octanol–water partition coefficient (Wildman–Crippen LogP) is 8.94. The van der Waals surface area contributed by atoms with Gasteiger partial charge in [-0.05, 0) is 71.8 Å². The van der Waals surface area contributed by atoms with Crippen LogP contribution in [0.2, 0.25) is 0 Å². The van der Waals surface area contributed by atoms with Crippen molar-refractivity contribution in [3.63, 3.8) is 0 Å². The maximum atomic E-state index is 4.65. The zero-order chi connectivity index (χ0) is 25.1. The van der Waals surface area contributed by atoms with Gasteiger partial charge in [0.15, 0.2) is 0 Å². The average Bonchev–Trinajstić information content (AvgIpc) is 3.50. The fraction of sp³-hybridized carbons (Fsp3) is 0. The molecule has 3 heterocycles. The highest BCUT2D eigenvalue weighted by Gasteiger charge is 2.15. The average molecular weight is 486 g/mol. The summed E-state index contributed by atoms with van der Waals surface area (Å²) in [5, 5.41) is 4.99. The van der Waals surface area contributed by atoms with E-state index in [4.69, 9.17) is 0 Å². The minimum atomic E-state index is 0.932. The van der Waals surface area contributed by atoms with Gasteiger partial charge in [-0.25, -0.2) is 4.98 Å². The van der Waals surface area contributed by atoms with Crippen LogP contribution in [0.25, 0.3) is 66.2 Å². The van der Waals surface area contributed by atoms with Crippen LogP contribution in [0.4, 0.5) is 0 Å². The molecule has 0 spiro atoms. The largest absolute Gasteiger partial charge is 0.309 e. The van der Waals surface area contributed by atoms with E-state index in [1.54, 1.807) is 0 Å². The van der Waals surface area contributed by atoms with E-state index >= 15 is 0 Å². The van der Waals surface area contributed by atoms with Gasteiger partial charge in [-0.15, -0.1) is 0 Å². The van der Waals surface area contributed by atoms with Gasteiger partial charge >= 0.3 is 0 Å². The van der Waals surface area contributed by atoms with Crippen LogP contribution in [0.1, 0.15) is 0 Å². The molecule has 5 aromatic carbocycles. The number of para-hydroxylation sites is 3. The van der Waals surface area contributed by atoms with Gasteiger partial charge in [-0.1, -0.05) is 72.8 Å². The van der Waals surface area contributed by atoms with Crippen LogP contribution in [0, 0.1) is 0 Å². The Morgan fingerprint density at radius 1 is 0.395 bits per heavy atom. The molecule has 0 amide bonds. The standard InChI is InChI=1S/C35H23N3/c1-2-10-26(11-3-1)37-31-14-6-4-12-27(31)29-22-24(17-19-33(29)37)25-18-20-34-30(23-25)28-13-5-7-15-32(28)38(34)35-16-8-9-21-36-35/h1-23H. The summed E-state index contributed by atoms with van der Waals surface area (Å²) in [5.74, 6) is 0.932. The highest BCUT2D eigenvalue weighted by Crippen LogP contribution is 2.37. The minimum absolute atomic E-state index is 0.932. The van der Waals surface area contributed by atoms with Gasteiger partial charge in [0.25, 0.3) is 0 Å². The molecule has 8 aromatic rings. The maximum absolute atomic E-state index is 4.65. The van der Waals surface area contributed by atoms with Crippen LogP contribution < -0.4 is 0 Å². The van der Waals surface area contributed by atoms with Crippen molar-refractivity contribution in [2.24, 2.45) is 0 Å². The molecule has 0 radical (unpaired) electrons. The number of nitrogens with zero attached hydrogens (tertiary/aromatic N) is 3. The second-order valence-electron chi connectivity index (χ2n) is 9.69. The molecule has 0 saturated heterocycles. The molecule has 178 valence electrons. The number of hydrogen-bond acceptors (Lipinski definition) is 1. The highest BCUT2D eigenvalue weighted by molar-refractivity contribution is 6.12. The summed E-state index contributed by atoms with van der Waals surface area (Å²) in [6.07, 6.45) is 1.85. The van der Waals surface area contributed by atoms with Crippen LogP contribution in [-0.2, 0) is 0 Å². The summed E-state index contributed by atoms with van der Waals surface area (Å²) in [5.41, 5.74) is 8.36. The third-order valence-electron chi connectivity index (χ3n) is 7.57. The normalized spacial score (nSPS) is 11.7. The number of hydrogen-bond donors (Lipinski definition) is 0. The molecule has 38 heavy (non-hydrogen) atoms. The third-order valence-corrected chi connectivity index (χ3v) is 7.57. The Kier molecular flexibility index (Phi) is 4.52. The van der Waals surface area contributed by atoms with Crippen molar-refractivity contribution in [3.8, 4) is 22.6 Å². The summed E-state index contributed by atoms with van der Waals surface area (Å²) >= 11 is 0. The van der Waals surface area contributed by atoms with Crippen LogP contribution in [0.15, 0.2) is 140 Å². The predicted molar refractivity (Wildman–Crippen MR) is 158 cm³/mol. The smallest absolute Gasteiger partial charge is 0.137 e. The van der Waals surface area contributed by atoms with Gasteiger partial charge in [-0.3, -0.25) is 4.57 Å². The monoisotopic (exact) mass is 485 g/mol. The number of fused-ring (bicyclic) bond motifs is 6. The molecule has 0 atom stereocenters. The Hall–Kier alpha value is -5.15. The second kappa shape index (κ2) is 8.19. The summed E-state index contributed by atoms with van der Waals surface area (Å²) in [4.78, 5) is 4.65. The Morgan fingerprint density at radius 2 is 0.921 bits per heavy atom. The molecular weight excluding hydrogens is 462 g/mol.